The number of para-hydroxylation sites is 1. The van der Waals surface area contributed by atoms with E-state index in [-0.39, 0.29) is 10.6 Å². The number of benzene rings is 2. The fourth-order valence-electron chi connectivity index (χ4n) is 5.76. The Morgan fingerprint density at radius 1 is 1.30 bits per heavy atom. The highest BCUT2D eigenvalue weighted by atomic mass is 16.6. The number of hydrogen-bond donors (Lipinski definition) is 1. The van der Waals surface area contributed by atoms with Crippen LogP contribution in [0.25, 0.3) is 10.9 Å². The number of rotatable bonds is 14. The molecule has 0 aliphatic carbocycles. The van der Waals surface area contributed by atoms with E-state index in [2.05, 4.69) is 51.8 Å². The zero-order valence-corrected chi connectivity index (χ0v) is 26.5. The maximum absolute atomic E-state index is 12.2. The normalized spacial score (nSPS) is 14.2. The SMILES string of the molecule is C=CCC(/N=C(\C(=C/C)C/C=C/C#N)c1cn2c3c(cccc13)CCC2)Nc1cc([N+](=O)[O-])c(N(C)CCN(C)C)cc1C. The van der Waals surface area contributed by atoms with Crippen LogP contribution in [0.15, 0.2) is 78.0 Å². The lowest BCUT2D eigenvalue weighted by Crippen LogP contribution is -2.29. The van der Waals surface area contributed by atoms with Gasteiger partial charge in [-0.2, -0.15) is 5.26 Å². The lowest BCUT2D eigenvalue weighted by Gasteiger charge is -2.24. The Morgan fingerprint density at radius 3 is 2.77 bits per heavy atom. The van der Waals surface area contributed by atoms with Gasteiger partial charge < -0.3 is 19.7 Å². The van der Waals surface area contributed by atoms with Crippen LogP contribution in [-0.4, -0.2) is 60.5 Å². The number of aryl methyl sites for hydroxylation is 3. The predicted molar refractivity (Wildman–Crippen MR) is 182 cm³/mol. The molecule has 2 heterocycles. The first-order valence-electron chi connectivity index (χ1n) is 15.1. The van der Waals surface area contributed by atoms with E-state index in [1.807, 2.05) is 64.2 Å². The molecule has 1 atom stereocenters. The van der Waals surface area contributed by atoms with Gasteiger partial charge in [0.25, 0.3) is 5.69 Å². The van der Waals surface area contributed by atoms with Crippen LogP contribution in [0, 0.1) is 28.4 Å². The van der Waals surface area contributed by atoms with Gasteiger partial charge in [0, 0.05) is 68.1 Å². The molecule has 4 rings (SSSR count). The second kappa shape index (κ2) is 14.7. The zero-order valence-electron chi connectivity index (χ0n) is 26.5. The molecule has 2 aromatic carbocycles. The van der Waals surface area contributed by atoms with Crippen molar-refractivity contribution >= 4 is 33.7 Å². The number of aliphatic imine (C=N–C) groups is 1. The summed E-state index contributed by atoms with van der Waals surface area (Å²) in [5.74, 6) is 0. The summed E-state index contributed by atoms with van der Waals surface area (Å²) < 4.78 is 2.33. The topological polar surface area (TPSA) is 103 Å². The first kappa shape index (κ1) is 32.2. The average molecular weight is 594 g/mol. The number of nitriles is 1. The van der Waals surface area contributed by atoms with Gasteiger partial charge in [0.15, 0.2) is 0 Å². The molecule has 0 bridgehead atoms. The van der Waals surface area contributed by atoms with Gasteiger partial charge in [-0.15, -0.1) is 6.58 Å². The van der Waals surface area contributed by atoms with Crippen molar-refractivity contribution in [3.63, 3.8) is 0 Å². The highest BCUT2D eigenvalue weighted by Gasteiger charge is 2.24. The van der Waals surface area contributed by atoms with Crippen LogP contribution in [0.3, 0.4) is 0 Å². The molecule has 9 nitrogen and oxygen atoms in total. The largest absolute Gasteiger partial charge is 0.368 e. The highest BCUT2D eigenvalue weighted by Crippen LogP contribution is 2.35. The third-order valence-electron chi connectivity index (χ3n) is 8.07. The average Bonchev–Trinajstić information content (AvgIpc) is 3.38. The summed E-state index contributed by atoms with van der Waals surface area (Å²) in [6.07, 6.45) is 12.2. The number of allylic oxidation sites excluding steroid dienone is 4. The lowest BCUT2D eigenvalue weighted by molar-refractivity contribution is -0.384. The molecular formula is C35H43N7O2. The quantitative estimate of drug-likeness (QED) is 0.0708. The summed E-state index contributed by atoms with van der Waals surface area (Å²) in [4.78, 5) is 21.2. The van der Waals surface area contributed by atoms with Crippen molar-refractivity contribution in [3.05, 3.63) is 99.8 Å². The van der Waals surface area contributed by atoms with Crippen molar-refractivity contribution in [2.45, 2.75) is 52.2 Å². The maximum atomic E-state index is 12.2. The van der Waals surface area contributed by atoms with Gasteiger partial charge in [0.05, 0.1) is 22.2 Å². The Hall–Kier alpha value is -4.68. The van der Waals surface area contributed by atoms with Crippen LogP contribution in [0.1, 0.15) is 42.9 Å². The van der Waals surface area contributed by atoms with E-state index in [9.17, 15) is 10.1 Å². The van der Waals surface area contributed by atoms with Crippen molar-refractivity contribution in [2.24, 2.45) is 4.99 Å². The fraction of sp³-hybridized carbons (Fsp3) is 0.371. The van der Waals surface area contributed by atoms with E-state index >= 15 is 0 Å². The summed E-state index contributed by atoms with van der Waals surface area (Å²) in [6, 6.07) is 12.0. The van der Waals surface area contributed by atoms with E-state index in [1.54, 1.807) is 6.07 Å². The van der Waals surface area contributed by atoms with Crippen molar-refractivity contribution in [1.29, 1.82) is 5.26 Å². The molecule has 1 aromatic heterocycles. The molecule has 9 heteroatoms. The van der Waals surface area contributed by atoms with Crippen LogP contribution in [0.5, 0.6) is 0 Å². The van der Waals surface area contributed by atoms with Crippen LogP contribution >= 0.6 is 0 Å². The molecule has 1 N–H and O–H groups in total. The highest BCUT2D eigenvalue weighted by molar-refractivity contribution is 6.19. The Balaban J connectivity index is 1.81. The molecule has 44 heavy (non-hydrogen) atoms. The van der Waals surface area contributed by atoms with Gasteiger partial charge in [-0.25, -0.2) is 0 Å². The number of nitro groups is 1. The zero-order chi connectivity index (χ0) is 31.8. The summed E-state index contributed by atoms with van der Waals surface area (Å²) in [5.41, 5.74) is 7.64. The number of likely N-dealkylation sites (N-methyl/N-ethyl adjacent to an activating group) is 2. The molecular weight excluding hydrogens is 550 g/mol. The minimum atomic E-state index is -0.431. The molecule has 1 aliphatic rings. The number of anilines is 2. The summed E-state index contributed by atoms with van der Waals surface area (Å²) >= 11 is 0. The molecule has 0 spiro atoms. The minimum absolute atomic E-state index is 0.0469. The molecule has 0 fully saturated rings. The predicted octanol–water partition coefficient (Wildman–Crippen LogP) is 7.02. The molecule has 3 aromatic rings. The summed E-state index contributed by atoms with van der Waals surface area (Å²) in [5, 5.41) is 26.0. The molecule has 1 unspecified atom stereocenters. The summed E-state index contributed by atoms with van der Waals surface area (Å²) in [7, 11) is 5.85. The number of nitrogens with zero attached hydrogens (tertiary/aromatic N) is 6. The third kappa shape index (κ3) is 7.26. The molecule has 230 valence electrons. The fourth-order valence-corrected chi connectivity index (χ4v) is 5.76. The second-order valence-corrected chi connectivity index (χ2v) is 11.5. The first-order chi connectivity index (χ1) is 21.2. The van der Waals surface area contributed by atoms with E-state index in [4.69, 9.17) is 10.3 Å². The van der Waals surface area contributed by atoms with Crippen LogP contribution in [0.4, 0.5) is 17.1 Å². The van der Waals surface area contributed by atoms with Gasteiger partial charge in [0.2, 0.25) is 0 Å². The lowest BCUT2D eigenvalue weighted by atomic mass is 9.96. The van der Waals surface area contributed by atoms with E-state index in [0.29, 0.717) is 30.8 Å². The number of nitro benzene ring substituents is 1. The number of hydrogen-bond acceptors (Lipinski definition) is 7. The van der Waals surface area contributed by atoms with Crippen LogP contribution < -0.4 is 10.2 Å². The van der Waals surface area contributed by atoms with E-state index in [1.165, 1.54) is 17.2 Å². The molecule has 0 amide bonds. The Bertz CT molecular complexity index is 1660. The molecule has 0 radical (unpaired) electrons. The number of nitrogens with one attached hydrogen (secondary N) is 1. The Morgan fingerprint density at radius 2 is 2.09 bits per heavy atom. The minimum Gasteiger partial charge on any atom is -0.368 e. The second-order valence-electron chi connectivity index (χ2n) is 11.5. The van der Waals surface area contributed by atoms with Crippen molar-refractivity contribution in [2.75, 3.05) is 44.4 Å². The summed E-state index contributed by atoms with van der Waals surface area (Å²) in [6.45, 7) is 10.3. The van der Waals surface area contributed by atoms with Gasteiger partial charge in [-0.05, 0) is 70.0 Å². The third-order valence-corrected chi connectivity index (χ3v) is 8.07. The van der Waals surface area contributed by atoms with Gasteiger partial charge in [-0.3, -0.25) is 15.1 Å². The standard InChI is InChI=1S/C35H43N7O2/c1-7-13-33(37-30-23-32(42(43)44)31(22-25(30)3)40(6)21-20-39(4)5)38-34(26(8-2)14-9-10-18-36)29-24-41-19-12-16-27-15-11-17-28(29)35(27)41/h7-11,15,17,22-24,33,37H,1,12-14,16,19-21H2,2-6H3/b10-9+,26-8-,38-34+. The van der Waals surface area contributed by atoms with Crippen LogP contribution in [0.2, 0.25) is 0 Å². The van der Waals surface area contributed by atoms with Crippen LogP contribution in [-0.2, 0) is 13.0 Å². The Kier molecular flexibility index (Phi) is 10.7. The van der Waals surface area contributed by atoms with E-state index in [0.717, 1.165) is 53.7 Å². The van der Waals surface area contributed by atoms with Gasteiger partial charge in [-0.1, -0.05) is 36.4 Å². The van der Waals surface area contributed by atoms with Crippen molar-refractivity contribution < 1.29 is 4.92 Å². The van der Waals surface area contributed by atoms with Gasteiger partial charge in [0.1, 0.15) is 11.9 Å². The Labute approximate surface area is 260 Å². The van der Waals surface area contributed by atoms with Gasteiger partial charge >= 0.3 is 0 Å². The van der Waals surface area contributed by atoms with E-state index < -0.39 is 6.17 Å². The first-order valence-corrected chi connectivity index (χ1v) is 15.1. The smallest absolute Gasteiger partial charge is 0.294 e. The molecule has 0 saturated carbocycles. The maximum Gasteiger partial charge on any atom is 0.294 e. The van der Waals surface area contributed by atoms with Crippen molar-refractivity contribution in [1.82, 2.24) is 9.47 Å². The molecule has 0 saturated heterocycles. The van der Waals surface area contributed by atoms with Crippen molar-refractivity contribution in [3.8, 4) is 6.07 Å². The monoisotopic (exact) mass is 593 g/mol. The number of aromatic nitrogens is 1. The molecule has 1 aliphatic heterocycles.